The van der Waals surface area contributed by atoms with E-state index in [0.717, 1.165) is 21.6 Å². The molecule has 0 amide bonds. The van der Waals surface area contributed by atoms with Crippen LogP contribution >= 0.6 is 23.4 Å². The van der Waals surface area contributed by atoms with Crippen molar-refractivity contribution < 1.29 is 0 Å². The fourth-order valence-electron chi connectivity index (χ4n) is 2.35. The normalized spacial score (nSPS) is 18.2. The van der Waals surface area contributed by atoms with E-state index in [9.17, 15) is 0 Å². The summed E-state index contributed by atoms with van der Waals surface area (Å²) in [6.45, 7) is 2.02. The maximum absolute atomic E-state index is 6.17. The van der Waals surface area contributed by atoms with Gasteiger partial charge >= 0.3 is 0 Å². The molecule has 1 saturated carbocycles. The standard InChI is InChI=1S/C14H21ClN2S/c1-10-6-7-11(8-13(10)15)14(17-16)9-18-12-4-2-3-5-12/h6-8,12,14,17H,2-5,9,16H2,1H3. The summed E-state index contributed by atoms with van der Waals surface area (Å²) in [5.41, 5.74) is 5.20. The minimum atomic E-state index is 0.189. The maximum atomic E-state index is 6.17. The predicted octanol–water partition coefficient (Wildman–Crippen LogP) is 3.83. The van der Waals surface area contributed by atoms with Crippen LogP contribution in [0.2, 0.25) is 5.02 Å². The van der Waals surface area contributed by atoms with E-state index in [0.29, 0.717) is 0 Å². The van der Waals surface area contributed by atoms with Gasteiger partial charge in [-0.15, -0.1) is 0 Å². The number of hydrazine groups is 1. The van der Waals surface area contributed by atoms with Crippen LogP contribution in [0.5, 0.6) is 0 Å². The van der Waals surface area contributed by atoms with Crippen molar-refractivity contribution in [3.05, 3.63) is 34.3 Å². The Morgan fingerprint density at radius 2 is 2.17 bits per heavy atom. The molecule has 1 aromatic rings. The van der Waals surface area contributed by atoms with Crippen molar-refractivity contribution >= 4 is 23.4 Å². The number of hydrogen-bond donors (Lipinski definition) is 2. The van der Waals surface area contributed by atoms with E-state index in [-0.39, 0.29) is 6.04 Å². The SMILES string of the molecule is Cc1ccc(C(CSC2CCCC2)NN)cc1Cl. The molecular formula is C14H21ClN2S. The third kappa shape index (κ3) is 3.64. The number of nitrogens with one attached hydrogen (secondary N) is 1. The fraction of sp³-hybridized carbons (Fsp3) is 0.571. The first-order chi connectivity index (χ1) is 8.70. The summed E-state index contributed by atoms with van der Waals surface area (Å²) in [7, 11) is 0. The molecule has 100 valence electrons. The lowest BCUT2D eigenvalue weighted by Gasteiger charge is -2.19. The van der Waals surface area contributed by atoms with Gasteiger partial charge in [-0.25, -0.2) is 0 Å². The molecular weight excluding hydrogens is 264 g/mol. The number of thioether (sulfide) groups is 1. The highest BCUT2D eigenvalue weighted by atomic mass is 35.5. The minimum absolute atomic E-state index is 0.189. The van der Waals surface area contributed by atoms with Gasteiger partial charge in [-0.3, -0.25) is 11.3 Å². The molecule has 0 saturated heterocycles. The number of nitrogens with two attached hydrogens (primary N) is 1. The molecule has 0 heterocycles. The predicted molar refractivity (Wildman–Crippen MR) is 81.0 cm³/mol. The zero-order chi connectivity index (χ0) is 13.0. The zero-order valence-corrected chi connectivity index (χ0v) is 12.4. The van der Waals surface area contributed by atoms with Crippen molar-refractivity contribution in [1.29, 1.82) is 0 Å². The first-order valence-corrected chi connectivity index (χ1v) is 7.97. The van der Waals surface area contributed by atoms with Gasteiger partial charge in [-0.05, 0) is 37.0 Å². The zero-order valence-electron chi connectivity index (χ0n) is 10.8. The molecule has 4 heteroatoms. The van der Waals surface area contributed by atoms with Gasteiger partial charge < -0.3 is 0 Å². The summed E-state index contributed by atoms with van der Waals surface area (Å²) in [5.74, 6) is 6.69. The van der Waals surface area contributed by atoms with Crippen LogP contribution in [-0.2, 0) is 0 Å². The molecule has 1 fully saturated rings. The van der Waals surface area contributed by atoms with Crippen LogP contribution in [-0.4, -0.2) is 11.0 Å². The van der Waals surface area contributed by atoms with E-state index in [1.54, 1.807) is 0 Å². The Morgan fingerprint density at radius 1 is 1.44 bits per heavy atom. The van der Waals surface area contributed by atoms with Gasteiger partial charge in [0.15, 0.2) is 0 Å². The first-order valence-electron chi connectivity index (χ1n) is 6.54. The van der Waals surface area contributed by atoms with Crippen molar-refractivity contribution in [1.82, 2.24) is 5.43 Å². The Labute approximate surface area is 119 Å². The van der Waals surface area contributed by atoms with Crippen molar-refractivity contribution in [2.24, 2.45) is 5.84 Å². The molecule has 1 aliphatic carbocycles. The molecule has 1 atom stereocenters. The molecule has 2 nitrogen and oxygen atoms in total. The molecule has 3 N–H and O–H groups in total. The second-order valence-electron chi connectivity index (χ2n) is 4.97. The summed E-state index contributed by atoms with van der Waals surface area (Å²) >= 11 is 8.20. The number of hydrogen-bond acceptors (Lipinski definition) is 3. The Kier molecular flexibility index (Phi) is 5.37. The lowest BCUT2D eigenvalue weighted by atomic mass is 10.1. The van der Waals surface area contributed by atoms with Crippen molar-refractivity contribution in [3.8, 4) is 0 Å². The molecule has 1 aromatic carbocycles. The Balaban J connectivity index is 1.96. The summed E-state index contributed by atoms with van der Waals surface area (Å²) in [5, 5.41) is 1.64. The average molecular weight is 285 g/mol. The van der Waals surface area contributed by atoms with Crippen LogP contribution < -0.4 is 11.3 Å². The molecule has 2 rings (SSSR count). The van der Waals surface area contributed by atoms with E-state index in [1.165, 1.54) is 31.2 Å². The second kappa shape index (κ2) is 6.80. The third-order valence-electron chi connectivity index (χ3n) is 3.60. The monoisotopic (exact) mass is 284 g/mol. The number of benzene rings is 1. The molecule has 0 bridgehead atoms. The molecule has 0 radical (unpaired) electrons. The van der Waals surface area contributed by atoms with Gasteiger partial charge in [0.05, 0.1) is 6.04 Å². The molecule has 1 aliphatic rings. The fourth-order valence-corrected chi connectivity index (χ4v) is 3.96. The summed E-state index contributed by atoms with van der Waals surface area (Å²) in [4.78, 5) is 0. The maximum Gasteiger partial charge on any atom is 0.0551 e. The van der Waals surface area contributed by atoms with E-state index in [1.807, 2.05) is 24.8 Å². The summed E-state index contributed by atoms with van der Waals surface area (Å²) in [6.07, 6.45) is 5.48. The quantitative estimate of drug-likeness (QED) is 0.637. The average Bonchev–Trinajstić information content (AvgIpc) is 2.87. The van der Waals surface area contributed by atoms with Crippen molar-refractivity contribution in [2.45, 2.75) is 43.9 Å². The van der Waals surface area contributed by atoms with E-state index in [4.69, 9.17) is 17.4 Å². The first kappa shape index (κ1) is 14.2. The van der Waals surface area contributed by atoms with Crippen LogP contribution in [0.1, 0.15) is 42.9 Å². The second-order valence-corrected chi connectivity index (χ2v) is 6.71. The van der Waals surface area contributed by atoms with Gasteiger partial charge in [0.25, 0.3) is 0 Å². The molecule has 1 unspecified atom stereocenters. The van der Waals surface area contributed by atoms with Gasteiger partial charge in [0.1, 0.15) is 0 Å². The lowest BCUT2D eigenvalue weighted by molar-refractivity contribution is 0.609. The van der Waals surface area contributed by atoms with Crippen molar-refractivity contribution in [2.75, 3.05) is 5.75 Å². The van der Waals surface area contributed by atoms with Crippen LogP contribution in [0.25, 0.3) is 0 Å². The summed E-state index contributed by atoms with van der Waals surface area (Å²) < 4.78 is 0. The highest BCUT2D eigenvalue weighted by Crippen LogP contribution is 2.32. The number of aryl methyl sites for hydroxylation is 1. The van der Waals surface area contributed by atoms with Gasteiger partial charge in [0.2, 0.25) is 0 Å². The largest absolute Gasteiger partial charge is 0.271 e. The topological polar surface area (TPSA) is 38.0 Å². The van der Waals surface area contributed by atoms with Crippen LogP contribution in [0, 0.1) is 6.92 Å². The Hall–Kier alpha value is -0.220. The van der Waals surface area contributed by atoms with Gasteiger partial charge in [-0.2, -0.15) is 11.8 Å². The van der Waals surface area contributed by atoms with Crippen molar-refractivity contribution in [3.63, 3.8) is 0 Å². The highest BCUT2D eigenvalue weighted by Gasteiger charge is 2.18. The molecule has 0 aromatic heterocycles. The minimum Gasteiger partial charge on any atom is -0.271 e. The third-order valence-corrected chi connectivity index (χ3v) is 5.48. The van der Waals surface area contributed by atoms with E-state index in [2.05, 4.69) is 17.6 Å². The number of halogens is 1. The highest BCUT2D eigenvalue weighted by molar-refractivity contribution is 7.99. The molecule has 18 heavy (non-hydrogen) atoms. The van der Waals surface area contributed by atoms with Crippen LogP contribution in [0.3, 0.4) is 0 Å². The van der Waals surface area contributed by atoms with Gasteiger partial charge in [-0.1, -0.05) is 36.6 Å². The molecule has 0 spiro atoms. The van der Waals surface area contributed by atoms with Crippen LogP contribution in [0.15, 0.2) is 18.2 Å². The lowest BCUT2D eigenvalue weighted by Crippen LogP contribution is -2.30. The molecule has 0 aliphatic heterocycles. The smallest absolute Gasteiger partial charge is 0.0551 e. The Morgan fingerprint density at radius 3 is 2.78 bits per heavy atom. The van der Waals surface area contributed by atoms with Gasteiger partial charge in [0, 0.05) is 16.0 Å². The Bertz CT molecular complexity index is 391. The number of rotatable bonds is 5. The summed E-state index contributed by atoms with van der Waals surface area (Å²) in [6, 6.07) is 6.38. The van der Waals surface area contributed by atoms with Crippen LogP contribution in [0.4, 0.5) is 0 Å². The van der Waals surface area contributed by atoms with E-state index < -0.39 is 0 Å². The van der Waals surface area contributed by atoms with E-state index >= 15 is 0 Å².